The van der Waals surface area contributed by atoms with Crippen LogP contribution in [0.25, 0.3) is 0 Å². The van der Waals surface area contributed by atoms with E-state index in [1.807, 2.05) is 0 Å². The fourth-order valence-corrected chi connectivity index (χ4v) is 1.94. The zero-order valence-corrected chi connectivity index (χ0v) is 7.81. The first-order valence-electron chi connectivity index (χ1n) is 5.00. The van der Waals surface area contributed by atoms with E-state index < -0.39 is 0 Å². The normalized spacial score (nSPS) is 31.1. The van der Waals surface area contributed by atoms with E-state index in [4.69, 9.17) is 4.74 Å². The van der Waals surface area contributed by atoms with Gasteiger partial charge in [-0.3, -0.25) is 0 Å². The molecule has 1 fully saturated rings. The Morgan fingerprint density at radius 1 is 1.36 bits per heavy atom. The Morgan fingerprint density at radius 3 is 2.82 bits per heavy atom. The smallest absolute Gasteiger partial charge is 0.0601 e. The predicted octanol–water partition coefficient (Wildman–Crippen LogP) is 2.99. The van der Waals surface area contributed by atoms with Crippen LogP contribution >= 0.6 is 0 Å². The van der Waals surface area contributed by atoms with Crippen molar-refractivity contribution >= 4 is 0 Å². The largest absolute Gasteiger partial charge is 0.378 e. The average molecular weight is 156 g/mol. The molecular formula is C10H20O. The van der Waals surface area contributed by atoms with E-state index in [-0.39, 0.29) is 0 Å². The van der Waals surface area contributed by atoms with Crippen LogP contribution in [0, 0.1) is 5.92 Å². The lowest BCUT2D eigenvalue weighted by atomic mass is 9.94. The molecule has 1 rings (SSSR count). The van der Waals surface area contributed by atoms with Gasteiger partial charge in [0.2, 0.25) is 0 Å². The highest BCUT2D eigenvalue weighted by Gasteiger charge is 2.25. The Bertz CT molecular complexity index is 101. The first-order valence-corrected chi connectivity index (χ1v) is 5.00. The molecule has 0 bridgehead atoms. The van der Waals surface area contributed by atoms with Gasteiger partial charge in [-0.15, -0.1) is 0 Å². The third-order valence-electron chi connectivity index (χ3n) is 2.68. The molecule has 1 heterocycles. The number of hydrogen-bond acceptors (Lipinski definition) is 1. The first kappa shape index (κ1) is 9.05. The van der Waals surface area contributed by atoms with Crippen molar-refractivity contribution in [2.75, 3.05) is 6.61 Å². The molecule has 2 atom stereocenters. The third kappa shape index (κ3) is 2.48. The molecule has 0 radical (unpaired) electrons. The van der Waals surface area contributed by atoms with Crippen molar-refractivity contribution in [2.45, 2.75) is 52.1 Å². The van der Waals surface area contributed by atoms with E-state index in [9.17, 15) is 0 Å². The minimum absolute atomic E-state index is 0.585. The quantitative estimate of drug-likeness (QED) is 0.608. The maximum absolute atomic E-state index is 5.61. The molecule has 0 N–H and O–H groups in total. The van der Waals surface area contributed by atoms with E-state index in [2.05, 4.69) is 13.8 Å². The molecule has 11 heavy (non-hydrogen) atoms. The predicted molar refractivity (Wildman–Crippen MR) is 47.7 cm³/mol. The maximum Gasteiger partial charge on any atom is 0.0601 e. The molecule has 1 aliphatic rings. The second-order valence-corrected chi connectivity index (χ2v) is 3.51. The Labute approximate surface area is 70.1 Å². The SMILES string of the molecule is CCCCC1CCOC1CC. The van der Waals surface area contributed by atoms with Gasteiger partial charge in [0.25, 0.3) is 0 Å². The Balaban J connectivity index is 2.20. The van der Waals surface area contributed by atoms with Gasteiger partial charge in [0, 0.05) is 6.61 Å². The van der Waals surface area contributed by atoms with Gasteiger partial charge in [0.05, 0.1) is 6.10 Å². The van der Waals surface area contributed by atoms with E-state index in [1.54, 1.807) is 0 Å². The fraction of sp³-hybridized carbons (Fsp3) is 1.00. The fourth-order valence-electron chi connectivity index (χ4n) is 1.94. The average Bonchev–Trinajstić information content (AvgIpc) is 2.47. The standard InChI is InChI=1S/C10H20O/c1-3-5-6-9-7-8-11-10(9)4-2/h9-10H,3-8H2,1-2H3. The van der Waals surface area contributed by atoms with Gasteiger partial charge in [-0.2, -0.15) is 0 Å². The summed E-state index contributed by atoms with van der Waals surface area (Å²) in [6.45, 7) is 5.50. The molecule has 0 aromatic rings. The van der Waals surface area contributed by atoms with Crippen LogP contribution in [0.4, 0.5) is 0 Å². The van der Waals surface area contributed by atoms with Crippen LogP contribution in [0.5, 0.6) is 0 Å². The molecule has 0 aromatic carbocycles. The molecule has 0 saturated carbocycles. The van der Waals surface area contributed by atoms with Crippen LogP contribution in [0.2, 0.25) is 0 Å². The molecule has 0 aliphatic carbocycles. The van der Waals surface area contributed by atoms with Crippen LogP contribution in [0.3, 0.4) is 0 Å². The topological polar surface area (TPSA) is 9.23 Å². The van der Waals surface area contributed by atoms with Crippen molar-refractivity contribution < 1.29 is 4.74 Å². The summed E-state index contributed by atoms with van der Waals surface area (Å²) < 4.78 is 5.61. The van der Waals surface area contributed by atoms with E-state index in [0.29, 0.717) is 6.10 Å². The minimum Gasteiger partial charge on any atom is -0.378 e. The summed E-state index contributed by atoms with van der Waals surface area (Å²) >= 11 is 0. The molecule has 66 valence electrons. The van der Waals surface area contributed by atoms with E-state index in [0.717, 1.165) is 12.5 Å². The molecule has 0 aromatic heterocycles. The van der Waals surface area contributed by atoms with Crippen LogP contribution < -0.4 is 0 Å². The van der Waals surface area contributed by atoms with Crippen LogP contribution in [0.1, 0.15) is 46.0 Å². The second-order valence-electron chi connectivity index (χ2n) is 3.51. The van der Waals surface area contributed by atoms with Gasteiger partial charge in [0.15, 0.2) is 0 Å². The van der Waals surface area contributed by atoms with Crippen molar-refractivity contribution in [1.82, 2.24) is 0 Å². The highest BCUT2D eigenvalue weighted by molar-refractivity contribution is 4.74. The number of unbranched alkanes of at least 4 members (excludes halogenated alkanes) is 1. The maximum atomic E-state index is 5.61. The lowest BCUT2D eigenvalue weighted by molar-refractivity contribution is 0.0850. The molecule has 0 amide bonds. The summed E-state index contributed by atoms with van der Waals surface area (Å²) in [6.07, 6.45) is 7.18. The molecule has 1 saturated heterocycles. The van der Waals surface area contributed by atoms with Crippen molar-refractivity contribution in [3.05, 3.63) is 0 Å². The lowest BCUT2D eigenvalue weighted by Gasteiger charge is -2.15. The molecule has 0 spiro atoms. The third-order valence-corrected chi connectivity index (χ3v) is 2.68. The van der Waals surface area contributed by atoms with Crippen LogP contribution in [-0.2, 0) is 4.74 Å². The van der Waals surface area contributed by atoms with Crippen molar-refractivity contribution in [1.29, 1.82) is 0 Å². The monoisotopic (exact) mass is 156 g/mol. The van der Waals surface area contributed by atoms with Crippen molar-refractivity contribution in [3.63, 3.8) is 0 Å². The summed E-state index contributed by atoms with van der Waals surface area (Å²) in [7, 11) is 0. The summed E-state index contributed by atoms with van der Waals surface area (Å²) in [5.41, 5.74) is 0. The molecule has 1 aliphatic heterocycles. The van der Waals surface area contributed by atoms with E-state index >= 15 is 0 Å². The van der Waals surface area contributed by atoms with Crippen LogP contribution in [-0.4, -0.2) is 12.7 Å². The summed E-state index contributed by atoms with van der Waals surface area (Å²) in [4.78, 5) is 0. The van der Waals surface area contributed by atoms with Crippen molar-refractivity contribution in [2.24, 2.45) is 5.92 Å². The highest BCUT2D eigenvalue weighted by Crippen LogP contribution is 2.27. The lowest BCUT2D eigenvalue weighted by Crippen LogP contribution is -2.14. The van der Waals surface area contributed by atoms with Crippen molar-refractivity contribution in [3.8, 4) is 0 Å². The number of rotatable bonds is 4. The number of hydrogen-bond donors (Lipinski definition) is 0. The van der Waals surface area contributed by atoms with Gasteiger partial charge < -0.3 is 4.74 Å². The van der Waals surface area contributed by atoms with Gasteiger partial charge in [-0.1, -0.05) is 26.7 Å². The number of ether oxygens (including phenoxy) is 1. The highest BCUT2D eigenvalue weighted by atomic mass is 16.5. The van der Waals surface area contributed by atoms with Gasteiger partial charge in [0.1, 0.15) is 0 Å². The summed E-state index contributed by atoms with van der Waals surface area (Å²) in [5, 5.41) is 0. The zero-order chi connectivity index (χ0) is 8.10. The Hall–Kier alpha value is -0.0400. The van der Waals surface area contributed by atoms with Gasteiger partial charge >= 0.3 is 0 Å². The van der Waals surface area contributed by atoms with E-state index in [1.165, 1.54) is 32.1 Å². The Morgan fingerprint density at radius 2 is 2.18 bits per heavy atom. The van der Waals surface area contributed by atoms with Gasteiger partial charge in [-0.25, -0.2) is 0 Å². The zero-order valence-electron chi connectivity index (χ0n) is 7.81. The molecule has 1 heteroatoms. The minimum atomic E-state index is 0.585. The molecule has 1 nitrogen and oxygen atoms in total. The summed E-state index contributed by atoms with van der Waals surface area (Å²) in [6, 6.07) is 0. The van der Waals surface area contributed by atoms with Gasteiger partial charge in [-0.05, 0) is 25.2 Å². The molecule has 2 unspecified atom stereocenters. The first-order chi connectivity index (χ1) is 5.38. The summed E-state index contributed by atoms with van der Waals surface area (Å²) in [5.74, 6) is 0.875. The Kier molecular flexibility index (Phi) is 3.92. The molecular weight excluding hydrogens is 136 g/mol. The van der Waals surface area contributed by atoms with Crippen LogP contribution in [0.15, 0.2) is 0 Å². The second kappa shape index (κ2) is 4.76.